The number of carbonyl (C=O) groups is 1. The number of aliphatic imine (C=N–C) groups is 1. The third-order valence-corrected chi connectivity index (χ3v) is 6.13. The number of amides is 1. The lowest BCUT2D eigenvalue weighted by Gasteiger charge is -2.16. The molecule has 7 nitrogen and oxygen atoms in total. The number of fused-ring (bicyclic) bond motifs is 2. The van der Waals surface area contributed by atoms with Crippen molar-refractivity contribution < 1.29 is 13.9 Å². The largest absolute Gasteiger partial charge is 0.497 e. The van der Waals surface area contributed by atoms with E-state index >= 15 is 0 Å². The van der Waals surface area contributed by atoms with E-state index in [2.05, 4.69) is 15.2 Å². The SMILES string of the molecule is COc1ccc2oc(-c3ccc(NC(=O)CC4=CSC5=NCCN45)cc3)cc(=O)c2c1. The van der Waals surface area contributed by atoms with Crippen LogP contribution in [0.3, 0.4) is 0 Å². The highest BCUT2D eigenvalue weighted by Crippen LogP contribution is 2.31. The lowest BCUT2D eigenvalue weighted by molar-refractivity contribution is -0.115. The van der Waals surface area contributed by atoms with Gasteiger partial charge in [0.1, 0.15) is 17.1 Å². The fourth-order valence-electron chi connectivity index (χ4n) is 3.61. The number of hydrogen-bond donors (Lipinski definition) is 1. The van der Waals surface area contributed by atoms with Crippen LogP contribution in [0.5, 0.6) is 5.75 Å². The maximum atomic E-state index is 12.5. The molecule has 0 aliphatic carbocycles. The number of rotatable bonds is 5. The van der Waals surface area contributed by atoms with Crippen molar-refractivity contribution in [2.45, 2.75) is 6.42 Å². The van der Waals surface area contributed by atoms with E-state index < -0.39 is 0 Å². The van der Waals surface area contributed by atoms with Gasteiger partial charge >= 0.3 is 0 Å². The molecule has 3 heterocycles. The first-order valence-electron chi connectivity index (χ1n) is 9.80. The number of methoxy groups -OCH3 is 1. The number of thioether (sulfide) groups is 1. The summed E-state index contributed by atoms with van der Waals surface area (Å²) in [6.45, 7) is 1.61. The molecule has 1 amide bonds. The standard InChI is InChI=1S/C23H19N3O4S/c1-29-17-6-7-20-18(11-17)19(27)12-21(30-20)14-2-4-15(5-3-14)25-22(28)10-16-13-31-23-24-8-9-26(16)23/h2-7,11-13H,8-10H2,1H3,(H,25,28). The maximum Gasteiger partial charge on any atom is 0.230 e. The summed E-state index contributed by atoms with van der Waals surface area (Å²) in [5.41, 5.74) is 2.77. The minimum Gasteiger partial charge on any atom is -0.497 e. The van der Waals surface area contributed by atoms with E-state index in [0.29, 0.717) is 34.6 Å². The van der Waals surface area contributed by atoms with E-state index in [-0.39, 0.29) is 11.3 Å². The number of nitrogens with one attached hydrogen (secondary N) is 1. The fourth-order valence-corrected chi connectivity index (χ4v) is 4.56. The fraction of sp³-hybridized carbons (Fsp3) is 0.174. The molecule has 0 saturated heterocycles. The molecule has 0 spiro atoms. The second-order valence-corrected chi connectivity index (χ2v) is 8.02. The van der Waals surface area contributed by atoms with Crippen LogP contribution in [0, 0.1) is 0 Å². The summed E-state index contributed by atoms with van der Waals surface area (Å²) in [5.74, 6) is 0.987. The van der Waals surface area contributed by atoms with Gasteiger partial charge in [-0.2, -0.15) is 0 Å². The molecule has 8 heteroatoms. The Morgan fingerprint density at radius 2 is 2.06 bits per heavy atom. The van der Waals surface area contributed by atoms with Gasteiger partial charge in [0.25, 0.3) is 0 Å². The minimum absolute atomic E-state index is 0.0843. The summed E-state index contributed by atoms with van der Waals surface area (Å²) < 4.78 is 11.1. The maximum absolute atomic E-state index is 12.5. The van der Waals surface area contributed by atoms with Crippen molar-refractivity contribution >= 4 is 39.5 Å². The van der Waals surface area contributed by atoms with Crippen molar-refractivity contribution in [1.29, 1.82) is 0 Å². The van der Waals surface area contributed by atoms with Crippen LogP contribution in [0.2, 0.25) is 0 Å². The molecule has 2 aromatic carbocycles. The molecule has 2 aliphatic rings. The van der Waals surface area contributed by atoms with Gasteiger partial charge in [-0.3, -0.25) is 14.6 Å². The van der Waals surface area contributed by atoms with Crippen molar-refractivity contribution in [3.8, 4) is 17.1 Å². The normalized spacial score (nSPS) is 14.9. The Morgan fingerprint density at radius 3 is 2.87 bits per heavy atom. The van der Waals surface area contributed by atoms with E-state index in [1.807, 2.05) is 17.5 Å². The monoisotopic (exact) mass is 433 g/mol. The summed E-state index contributed by atoms with van der Waals surface area (Å²) in [6.07, 6.45) is 0.302. The summed E-state index contributed by atoms with van der Waals surface area (Å²) in [6, 6.07) is 13.8. The number of carbonyl (C=O) groups excluding carboxylic acids is 1. The smallest absolute Gasteiger partial charge is 0.230 e. The molecule has 0 atom stereocenters. The van der Waals surface area contributed by atoms with E-state index in [9.17, 15) is 9.59 Å². The Morgan fingerprint density at radius 1 is 1.23 bits per heavy atom. The van der Waals surface area contributed by atoms with Crippen molar-refractivity contribution in [3.63, 3.8) is 0 Å². The highest BCUT2D eigenvalue weighted by Gasteiger charge is 2.27. The highest BCUT2D eigenvalue weighted by molar-refractivity contribution is 8.16. The Labute approximate surface area is 182 Å². The Hall–Kier alpha value is -3.52. The van der Waals surface area contributed by atoms with Crippen LogP contribution in [0.25, 0.3) is 22.3 Å². The van der Waals surface area contributed by atoms with Crippen LogP contribution < -0.4 is 15.5 Å². The van der Waals surface area contributed by atoms with Crippen molar-refractivity contribution in [2.24, 2.45) is 4.99 Å². The second-order valence-electron chi connectivity index (χ2n) is 7.18. The van der Waals surface area contributed by atoms with Gasteiger partial charge in [-0.05, 0) is 47.9 Å². The van der Waals surface area contributed by atoms with Crippen LogP contribution >= 0.6 is 11.8 Å². The molecule has 0 bridgehead atoms. The van der Waals surface area contributed by atoms with Gasteiger partial charge in [-0.1, -0.05) is 11.8 Å². The third kappa shape index (κ3) is 3.82. The number of amidine groups is 1. The molecule has 156 valence electrons. The number of ether oxygens (including phenoxy) is 1. The van der Waals surface area contributed by atoms with Gasteiger partial charge in [0, 0.05) is 29.6 Å². The number of benzene rings is 2. The quantitative estimate of drug-likeness (QED) is 0.653. The van der Waals surface area contributed by atoms with Gasteiger partial charge in [-0.15, -0.1) is 0 Å². The molecular formula is C23H19N3O4S. The first kappa shape index (κ1) is 19.4. The summed E-state index contributed by atoms with van der Waals surface area (Å²) in [7, 11) is 1.55. The topological polar surface area (TPSA) is 84.1 Å². The van der Waals surface area contributed by atoms with E-state index in [0.717, 1.165) is 29.5 Å². The molecule has 5 rings (SSSR count). The van der Waals surface area contributed by atoms with Crippen LogP contribution in [-0.4, -0.2) is 36.2 Å². The molecule has 1 aromatic heterocycles. The van der Waals surface area contributed by atoms with Crippen LogP contribution in [0.4, 0.5) is 5.69 Å². The van der Waals surface area contributed by atoms with Gasteiger partial charge in [0.05, 0.1) is 25.5 Å². The molecule has 0 radical (unpaired) electrons. The summed E-state index contributed by atoms with van der Waals surface area (Å²) in [5, 5.41) is 6.35. The molecule has 0 fully saturated rings. The number of anilines is 1. The molecule has 3 aromatic rings. The van der Waals surface area contributed by atoms with Crippen molar-refractivity contribution in [1.82, 2.24) is 4.90 Å². The zero-order chi connectivity index (χ0) is 21.4. The van der Waals surface area contributed by atoms with Gasteiger partial charge in [0.15, 0.2) is 10.6 Å². The number of hydrogen-bond acceptors (Lipinski definition) is 7. The van der Waals surface area contributed by atoms with Crippen molar-refractivity contribution in [3.05, 3.63) is 69.9 Å². The zero-order valence-electron chi connectivity index (χ0n) is 16.8. The molecule has 0 saturated carbocycles. The predicted molar refractivity (Wildman–Crippen MR) is 122 cm³/mol. The van der Waals surface area contributed by atoms with Gasteiger partial charge < -0.3 is 19.4 Å². The Balaban J connectivity index is 1.30. The Kier molecular flexibility index (Phi) is 4.99. The van der Waals surface area contributed by atoms with Crippen LogP contribution in [-0.2, 0) is 4.79 Å². The molecule has 0 unspecified atom stereocenters. The van der Waals surface area contributed by atoms with Gasteiger partial charge in [0.2, 0.25) is 5.91 Å². The second kappa shape index (κ2) is 7.96. The molecule has 31 heavy (non-hydrogen) atoms. The first-order chi connectivity index (χ1) is 15.1. The van der Waals surface area contributed by atoms with Gasteiger partial charge in [-0.25, -0.2) is 0 Å². The highest BCUT2D eigenvalue weighted by atomic mass is 32.2. The summed E-state index contributed by atoms with van der Waals surface area (Å²) in [4.78, 5) is 31.4. The van der Waals surface area contributed by atoms with E-state index in [4.69, 9.17) is 9.15 Å². The summed E-state index contributed by atoms with van der Waals surface area (Å²) >= 11 is 1.56. The van der Waals surface area contributed by atoms with E-state index in [1.165, 1.54) is 6.07 Å². The lowest BCUT2D eigenvalue weighted by Crippen LogP contribution is -2.24. The third-order valence-electron chi connectivity index (χ3n) is 5.18. The Bertz CT molecular complexity index is 1290. The number of nitrogens with zero attached hydrogens (tertiary/aromatic N) is 2. The van der Waals surface area contributed by atoms with Crippen molar-refractivity contribution in [2.75, 3.05) is 25.5 Å². The molecule has 2 aliphatic heterocycles. The first-order valence-corrected chi connectivity index (χ1v) is 10.7. The average molecular weight is 433 g/mol. The minimum atomic E-state index is -0.139. The van der Waals surface area contributed by atoms with Crippen LogP contribution in [0.15, 0.2) is 73.8 Å². The molecular weight excluding hydrogens is 414 g/mol. The average Bonchev–Trinajstić information content (AvgIpc) is 3.39. The zero-order valence-corrected chi connectivity index (χ0v) is 17.6. The van der Waals surface area contributed by atoms with E-state index in [1.54, 1.807) is 49.2 Å². The van der Waals surface area contributed by atoms with Crippen LogP contribution in [0.1, 0.15) is 6.42 Å². The lowest BCUT2D eigenvalue weighted by atomic mass is 10.1. The molecule has 1 N–H and O–H groups in total. The predicted octanol–water partition coefficient (Wildman–Crippen LogP) is 4.06.